The molecule has 0 aromatic heterocycles. The van der Waals surface area contributed by atoms with Gasteiger partial charge in [0.1, 0.15) is 6.10 Å². The van der Waals surface area contributed by atoms with Crippen molar-refractivity contribution in [3.05, 3.63) is 12.2 Å². The minimum Gasteiger partial charge on any atom is -0.457 e. The molecule has 1 N–H and O–H groups in total. The maximum atomic E-state index is 11.1. The Balaban J connectivity index is 2.75. The second kappa shape index (κ2) is 3.27. The van der Waals surface area contributed by atoms with Crippen molar-refractivity contribution in [2.24, 2.45) is 11.8 Å². The first-order chi connectivity index (χ1) is 5.57. The number of ether oxygens (including phenoxy) is 1. The first-order valence-corrected chi connectivity index (χ1v) is 4.04. The second-order valence-electron chi connectivity index (χ2n) is 3.35. The lowest BCUT2D eigenvalue weighted by molar-refractivity contribution is -0.144. The fourth-order valence-electron chi connectivity index (χ4n) is 1.54. The van der Waals surface area contributed by atoms with Crippen LogP contribution in [0.3, 0.4) is 0 Å². The largest absolute Gasteiger partial charge is 0.457 e. The van der Waals surface area contributed by atoms with Gasteiger partial charge in [0.15, 0.2) is 0 Å². The number of cyclic esters (lactones) is 1. The molecule has 1 aliphatic rings. The van der Waals surface area contributed by atoms with E-state index in [2.05, 4.69) is 6.58 Å². The first kappa shape index (κ1) is 9.26. The van der Waals surface area contributed by atoms with Gasteiger partial charge in [0.05, 0.1) is 12.5 Å². The summed E-state index contributed by atoms with van der Waals surface area (Å²) in [6.45, 7) is 7.32. The quantitative estimate of drug-likeness (QED) is 0.491. The summed E-state index contributed by atoms with van der Waals surface area (Å²) in [5.41, 5.74) is 0.840. The summed E-state index contributed by atoms with van der Waals surface area (Å²) in [6, 6.07) is 0. The lowest BCUT2D eigenvalue weighted by Crippen LogP contribution is -2.21. The Morgan fingerprint density at radius 3 is 2.58 bits per heavy atom. The van der Waals surface area contributed by atoms with Crippen LogP contribution in [0.5, 0.6) is 0 Å². The van der Waals surface area contributed by atoms with Crippen LogP contribution in [-0.2, 0) is 9.53 Å². The van der Waals surface area contributed by atoms with E-state index in [0.29, 0.717) is 0 Å². The van der Waals surface area contributed by atoms with Crippen molar-refractivity contribution in [2.75, 3.05) is 6.61 Å². The van der Waals surface area contributed by atoms with Crippen molar-refractivity contribution in [1.82, 2.24) is 0 Å². The van der Waals surface area contributed by atoms with E-state index < -0.39 is 0 Å². The molecule has 0 aliphatic carbocycles. The average molecular weight is 170 g/mol. The third-order valence-corrected chi connectivity index (χ3v) is 2.34. The van der Waals surface area contributed by atoms with Crippen LogP contribution in [0.2, 0.25) is 0 Å². The number of hydrogen-bond acceptors (Lipinski definition) is 3. The van der Waals surface area contributed by atoms with Gasteiger partial charge in [-0.15, -0.1) is 0 Å². The molecular formula is C9H14O3. The van der Waals surface area contributed by atoms with Crippen molar-refractivity contribution >= 4 is 5.97 Å². The van der Waals surface area contributed by atoms with E-state index in [1.54, 1.807) is 0 Å². The normalized spacial score (nSPS) is 34.9. The zero-order chi connectivity index (χ0) is 9.30. The summed E-state index contributed by atoms with van der Waals surface area (Å²) < 4.78 is 5.04. The van der Waals surface area contributed by atoms with Gasteiger partial charge in [0.2, 0.25) is 0 Å². The van der Waals surface area contributed by atoms with Gasteiger partial charge in [-0.1, -0.05) is 13.5 Å². The van der Waals surface area contributed by atoms with E-state index in [-0.39, 0.29) is 30.5 Å². The predicted octanol–water partition coefficient (Wildman–Crippen LogP) is 0.732. The highest BCUT2D eigenvalue weighted by Gasteiger charge is 2.41. The van der Waals surface area contributed by atoms with Crippen molar-refractivity contribution in [2.45, 2.75) is 20.0 Å². The number of aliphatic hydroxyl groups is 1. The van der Waals surface area contributed by atoms with Gasteiger partial charge in [-0.3, -0.25) is 4.79 Å². The number of esters is 1. The first-order valence-electron chi connectivity index (χ1n) is 4.04. The van der Waals surface area contributed by atoms with Crippen LogP contribution in [-0.4, -0.2) is 23.8 Å². The fourth-order valence-corrected chi connectivity index (χ4v) is 1.54. The fraction of sp³-hybridized carbons (Fsp3) is 0.667. The van der Waals surface area contributed by atoms with Gasteiger partial charge in [-0.05, 0) is 12.5 Å². The maximum absolute atomic E-state index is 11.1. The smallest absolute Gasteiger partial charge is 0.312 e. The molecule has 1 fully saturated rings. The van der Waals surface area contributed by atoms with Gasteiger partial charge < -0.3 is 9.84 Å². The molecule has 68 valence electrons. The number of hydrogen-bond donors (Lipinski definition) is 1. The third kappa shape index (κ3) is 1.37. The average Bonchev–Trinajstić information content (AvgIpc) is 2.27. The maximum Gasteiger partial charge on any atom is 0.312 e. The minimum absolute atomic E-state index is 0.0417. The second-order valence-corrected chi connectivity index (χ2v) is 3.35. The highest BCUT2D eigenvalue weighted by Crippen LogP contribution is 2.31. The van der Waals surface area contributed by atoms with Crippen LogP contribution in [0.15, 0.2) is 12.2 Å². The number of carbonyl (C=O) groups excluding carboxylic acids is 1. The van der Waals surface area contributed by atoms with Crippen molar-refractivity contribution in [1.29, 1.82) is 0 Å². The summed E-state index contributed by atoms with van der Waals surface area (Å²) in [5, 5.41) is 8.88. The molecule has 1 heterocycles. The summed E-state index contributed by atoms with van der Waals surface area (Å²) >= 11 is 0. The van der Waals surface area contributed by atoms with Gasteiger partial charge in [-0.25, -0.2) is 0 Å². The SMILES string of the molecule is C=C(C)[C@H]1OC(=O)[C@@H](CO)[C@@H]1C. The third-order valence-electron chi connectivity index (χ3n) is 2.34. The molecule has 3 nitrogen and oxygen atoms in total. The van der Waals surface area contributed by atoms with Gasteiger partial charge in [0, 0.05) is 5.92 Å². The lowest BCUT2D eigenvalue weighted by Gasteiger charge is -2.14. The van der Waals surface area contributed by atoms with Gasteiger partial charge >= 0.3 is 5.97 Å². The Morgan fingerprint density at radius 1 is 1.75 bits per heavy atom. The standard InChI is InChI=1S/C9H14O3/c1-5(2)8-6(3)7(4-10)9(11)12-8/h6-8,10H,1,4H2,2-3H3/t6-,7-,8+/m0/s1. The van der Waals surface area contributed by atoms with Crippen LogP contribution >= 0.6 is 0 Å². The summed E-state index contributed by atoms with van der Waals surface area (Å²) in [5.74, 6) is -0.635. The molecule has 1 saturated heterocycles. The molecule has 12 heavy (non-hydrogen) atoms. The number of carbonyl (C=O) groups is 1. The Kier molecular flexibility index (Phi) is 2.52. The minimum atomic E-state index is -0.369. The molecule has 0 amide bonds. The molecule has 0 spiro atoms. The van der Waals surface area contributed by atoms with E-state index in [0.717, 1.165) is 5.57 Å². The van der Waals surface area contributed by atoms with Crippen molar-refractivity contribution < 1.29 is 14.6 Å². The van der Waals surface area contributed by atoms with E-state index in [9.17, 15) is 4.79 Å². The predicted molar refractivity (Wildman–Crippen MR) is 44.4 cm³/mol. The van der Waals surface area contributed by atoms with Crippen molar-refractivity contribution in [3.63, 3.8) is 0 Å². The molecule has 0 bridgehead atoms. The summed E-state index contributed by atoms with van der Waals surface area (Å²) in [6.07, 6.45) is -0.213. The summed E-state index contributed by atoms with van der Waals surface area (Å²) in [4.78, 5) is 11.1. The topological polar surface area (TPSA) is 46.5 Å². The number of aliphatic hydroxyl groups excluding tert-OH is 1. The number of rotatable bonds is 2. The Hall–Kier alpha value is -0.830. The lowest BCUT2D eigenvalue weighted by atomic mass is 9.90. The van der Waals surface area contributed by atoms with E-state index in [1.807, 2.05) is 13.8 Å². The van der Waals surface area contributed by atoms with E-state index in [1.165, 1.54) is 0 Å². The van der Waals surface area contributed by atoms with Crippen LogP contribution in [0.4, 0.5) is 0 Å². The Labute approximate surface area is 72.0 Å². The molecule has 3 heteroatoms. The van der Waals surface area contributed by atoms with Gasteiger partial charge in [-0.2, -0.15) is 0 Å². The zero-order valence-electron chi connectivity index (χ0n) is 7.41. The Bertz CT molecular complexity index is 210. The van der Waals surface area contributed by atoms with Crippen LogP contribution in [0, 0.1) is 11.8 Å². The molecule has 0 aromatic carbocycles. The molecule has 3 atom stereocenters. The molecule has 1 aliphatic heterocycles. The molecule has 1 rings (SSSR count). The molecule has 0 saturated carbocycles. The zero-order valence-corrected chi connectivity index (χ0v) is 7.41. The summed E-state index contributed by atoms with van der Waals surface area (Å²) in [7, 11) is 0. The van der Waals surface area contributed by atoms with Crippen LogP contribution in [0.1, 0.15) is 13.8 Å². The van der Waals surface area contributed by atoms with Crippen LogP contribution < -0.4 is 0 Å². The highest BCUT2D eigenvalue weighted by atomic mass is 16.6. The van der Waals surface area contributed by atoms with E-state index in [4.69, 9.17) is 9.84 Å². The molecular weight excluding hydrogens is 156 g/mol. The van der Waals surface area contributed by atoms with Crippen LogP contribution in [0.25, 0.3) is 0 Å². The van der Waals surface area contributed by atoms with Gasteiger partial charge in [0.25, 0.3) is 0 Å². The highest BCUT2D eigenvalue weighted by molar-refractivity contribution is 5.75. The van der Waals surface area contributed by atoms with Crippen molar-refractivity contribution in [3.8, 4) is 0 Å². The Morgan fingerprint density at radius 2 is 2.33 bits per heavy atom. The molecule has 0 unspecified atom stereocenters. The monoisotopic (exact) mass is 170 g/mol. The molecule has 0 aromatic rings. The van der Waals surface area contributed by atoms with E-state index >= 15 is 0 Å². The molecule has 0 radical (unpaired) electrons.